The first-order valence-corrected chi connectivity index (χ1v) is 4.12. The van der Waals surface area contributed by atoms with Crippen LogP contribution in [0.5, 0.6) is 0 Å². The molecule has 0 aliphatic heterocycles. The van der Waals surface area contributed by atoms with E-state index in [1.807, 2.05) is 0 Å². The van der Waals surface area contributed by atoms with Crippen LogP contribution < -0.4 is 0 Å². The Morgan fingerprint density at radius 3 is 1.14 bits per heavy atom. The molecule has 0 heterocycles. The van der Waals surface area contributed by atoms with Crippen molar-refractivity contribution in [1.82, 2.24) is 0 Å². The van der Waals surface area contributed by atoms with E-state index >= 15 is 0 Å². The number of rotatable bonds is 0. The summed E-state index contributed by atoms with van der Waals surface area (Å²) in [5.74, 6) is 0. The van der Waals surface area contributed by atoms with Gasteiger partial charge in [0, 0.05) is 1.43 Å². The van der Waals surface area contributed by atoms with E-state index in [2.05, 4.69) is 4.94 Å². The van der Waals surface area contributed by atoms with Gasteiger partial charge in [-0.2, -0.15) is 0 Å². The molecule has 0 bridgehead atoms. The SMILES string of the molecule is C.C.N=N.[CH3][SnH].[HH].[SnH2]. The summed E-state index contributed by atoms with van der Waals surface area (Å²) in [4.78, 5) is 2.13. The van der Waals surface area contributed by atoms with Crippen LogP contribution in [0.1, 0.15) is 16.3 Å². The molecule has 4 heteroatoms. The zero-order chi connectivity index (χ0) is 4.00. The van der Waals surface area contributed by atoms with E-state index in [0.29, 0.717) is 0 Å². The summed E-state index contributed by atoms with van der Waals surface area (Å²) in [6.07, 6.45) is 0. The second kappa shape index (κ2) is 193. The third kappa shape index (κ3) is 136. The summed E-state index contributed by atoms with van der Waals surface area (Å²) in [5.41, 5.74) is 10.0. The third-order valence-corrected chi connectivity index (χ3v) is 0. The fourth-order valence-electron chi connectivity index (χ4n) is 0. The van der Waals surface area contributed by atoms with Gasteiger partial charge in [-0.25, -0.2) is 11.1 Å². The normalized spacial score (nSPS) is 1.43. The Kier molecular flexibility index (Phi) is 1140. The molecule has 2 N–H and O–H groups in total. The van der Waals surface area contributed by atoms with Gasteiger partial charge in [0.05, 0.1) is 0 Å². The Balaban J connectivity index is -0.00000000167. The summed E-state index contributed by atoms with van der Waals surface area (Å²) >= 11 is 1.35. The zero-order valence-corrected chi connectivity index (χ0v) is 10.6. The summed E-state index contributed by atoms with van der Waals surface area (Å²) in [7, 11) is 0. The maximum absolute atomic E-state index is 5.00. The molecule has 0 fully saturated rings. The predicted molar refractivity (Wildman–Crippen MR) is 42.6 cm³/mol. The van der Waals surface area contributed by atoms with Crippen molar-refractivity contribution in [3.8, 4) is 0 Å². The monoisotopic (exact) mass is 322 g/mol. The van der Waals surface area contributed by atoms with E-state index in [1.54, 1.807) is 0 Å². The van der Waals surface area contributed by atoms with Crippen LogP contribution in [0, 0.1) is 11.1 Å². The first-order valence-electron chi connectivity index (χ1n) is 0.827. The minimum absolute atomic E-state index is 0. The van der Waals surface area contributed by atoms with Crippen LogP contribution in [-0.4, -0.2) is 46.4 Å². The van der Waals surface area contributed by atoms with Gasteiger partial charge in [0.15, 0.2) is 0 Å². The zero-order valence-electron chi connectivity index (χ0n) is 3.28. The molecule has 2 nitrogen and oxygen atoms in total. The van der Waals surface area contributed by atoms with Gasteiger partial charge in [-0.05, 0) is 0 Å². The van der Waals surface area contributed by atoms with Crippen molar-refractivity contribution in [1.29, 1.82) is 11.1 Å². The third-order valence-electron chi connectivity index (χ3n) is 0. The molecule has 7 heavy (non-hydrogen) atoms. The van der Waals surface area contributed by atoms with Gasteiger partial charge >= 0.3 is 51.4 Å². The molecule has 0 aromatic carbocycles. The van der Waals surface area contributed by atoms with E-state index < -0.39 is 0 Å². The molecule has 0 aromatic rings. The van der Waals surface area contributed by atoms with Crippen molar-refractivity contribution in [2.24, 2.45) is 0 Å². The molecule has 48 valence electrons. The van der Waals surface area contributed by atoms with Crippen molar-refractivity contribution < 1.29 is 1.43 Å². The summed E-state index contributed by atoms with van der Waals surface area (Å²) in [6.45, 7) is 0. The van der Waals surface area contributed by atoms with Crippen LogP contribution in [-0.2, 0) is 0 Å². The van der Waals surface area contributed by atoms with Gasteiger partial charge in [0.25, 0.3) is 0 Å². The van der Waals surface area contributed by atoms with Crippen LogP contribution in [0.15, 0.2) is 0 Å². The fourth-order valence-corrected chi connectivity index (χ4v) is 0. The van der Waals surface area contributed by atoms with E-state index in [4.69, 9.17) is 11.1 Å². The molecule has 0 aliphatic rings. The molecule has 0 rings (SSSR count). The number of hydrogen-bond acceptors (Lipinski definition) is 2. The Morgan fingerprint density at radius 1 is 1.14 bits per heavy atom. The Morgan fingerprint density at radius 2 is 1.14 bits per heavy atom. The van der Waals surface area contributed by atoms with Crippen LogP contribution >= 0.6 is 0 Å². The second-order valence-electron chi connectivity index (χ2n) is 0. The summed E-state index contributed by atoms with van der Waals surface area (Å²) in [6, 6.07) is 0. The van der Waals surface area contributed by atoms with Crippen LogP contribution in [0.2, 0.25) is 4.94 Å². The first kappa shape index (κ1) is 41.5. The van der Waals surface area contributed by atoms with Crippen molar-refractivity contribution in [2.45, 2.75) is 19.8 Å². The second-order valence-corrected chi connectivity index (χ2v) is 0. The minimum atomic E-state index is 0. The molecule has 0 aromatic heterocycles. The number of nitrogens with one attached hydrogen (secondary N) is 2. The van der Waals surface area contributed by atoms with E-state index in [9.17, 15) is 0 Å². The van der Waals surface area contributed by atoms with Crippen LogP contribution in [0.3, 0.4) is 0 Å². The Labute approximate surface area is 78.3 Å². The summed E-state index contributed by atoms with van der Waals surface area (Å²) < 4.78 is 0. The first-order chi connectivity index (χ1) is 2.00. The van der Waals surface area contributed by atoms with Gasteiger partial charge in [-0.1, -0.05) is 14.9 Å². The Bertz CT molecular complexity index is 15.2. The molecule has 0 spiro atoms. The van der Waals surface area contributed by atoms with Crippen molar-refractivity contribution in [2.75, 3.05) is 0 Å². The molecule has 0 unspecified atom stereocenters. The van der Waals surface area contributed by atoms with Gasteiger partial charge in [0.2, 0.25) is 0 Å². The predicted octanol–water partition coefficient (Wildman–Crippen LogP) is 1.13. The molecular formula is C3H18N2Sn2. The molecular weight excluding hydrogens is 301 g/mol. The van der Waals surface area contributed by atoms with Crippen molar-refractivity contribution in [3.05, 3.63) is 0 Å². The van der Waals surface area contributed by atoms with E-state index in [0.717, 1.165) is 0 Å². The average molecular weight is 320 g/mol. The van der Waals surface area contributed by atoms with Gasteiger partial charge in [-0.3, -0.25) is 0 Å². The van der Waals surface area contributed by atoms with E-state index in [-0.39, 0.29) is 40.2 Å². The maximum atomic E-state index is 5.00. The Hall–Kier alpha value is 1.20. The molecule has 0 atom stereocenters. The van der Waals surface area contributed by atoms with Crippen LogP contribution in [0.4, 0.5) is 0 Å². The van der Waals surface area contributed by atoms with Gasteiger partial charge in [0.1, 0.15) is 0 Å². The standard InChI is InChI=1S/2CH4.CH3.H2N2.2Sn.H2.3H/c;;;1-2;;;;;;/h2*1H4;1H3;1-2H;;;1H;;;. The van der Waals surface area contributed by atoms with Crippen molar-refractivity contribution >= 4 is 46.4 Å². The molecule has 0 saturated carbocycles. The van der Waals surface area contributed by atoms with Gasteiger partial charge < -0.3 is 0 Å². The molecule has 0 aliphatic carbocycles. The topological polar surface area (TPSA) is 47.7 Å². The number of hydrogen-bond donors (Lipinski definition) is 2. The molecule has 4 radical (unpaired) electrons. The summed E-state index contributed by atoms with van der Waals surface area (Å²) in [5, 5.41) is 0. The fraction of sp³-hybridized carbons (Fsp3) is 1.00. The van der Waals surface area contributed by atoms with E-state index in [1.165, 1.54) is 22.5 Å². The molecule has 0 saturated heterocycles. The quantitative estimate of drug-likeness (QED) is 0.497. The molecule has 0 amide bonds. The van der Waals surface area contributed by atoms with Crippen molar-refractivity contribution in [3.63, 3.8) is 0 Å². The van der Waals surface area contributed by atoms with Crippen LogP contribution in [0.25, 0.3) is 0 Å². The van der Waals surface area contributed by atoms with Gasteiger partial charge in [-0.15, -0.1) is 0 Å². The average Bonchev–Trinajstić information content (AvgIpc) is 1.50.